The fraction of sp³-hybridized carbons (Fsp3) is 0.429. The van der Waals surface area contributed by atoms with Crippen LogP contribution in [-0.4, -0.2) is 21.3 Å². The van der Waals surface area contributed by atoms with Crippen LogP contribution in [0.5, 0.6) is 0 Å². The largest absolute Gasteiger partial charge is 0.368 e. The summed E-state index contributed by atoms with van der Waals surface area (Å²) >= 11 is 8.95. The Bertz CT molecular complexity index is 686. The third-order valence-corrected chi connectivity index (χ3v) is 4.12. The molecule has 0 saturated carbocycles. The molecule has 0 aliphatic carbocycles. The molecule has 114 valence electrons. The lowest BCUT2D eigenvalue weighted by Crippen LogP contribution is -2.31. The molecular weight excluding hydrogens is 361 g/mol. The van der Waals surface area contributed by atoms with Crippen molar-refractivity contribution in [3.05, 3.63) is 28.2 Å². The maximum atomic E-state index is 13.9. The zero-order chi connectivity index (χ0) is 15.7. The van der Waals surface area contributed by atoms with Gasteiger partial charge in [-0.3, -0.25) is 4.79 Å². The van der Waals surface area contributed by atoms with Crippen LogP contribution in [0.25, 0.3) is 11.0 Å². The summed E-state index contributed by atoms with van der Waals surface area (Å²) in [6.45, 7) is 3.78. The van der Waals surface area contributed by atoms with Crippen molar-refractivity contribution < 1.29 is 9.18 Å². The number of nitrogens with two attached hydrogens (primary N) is 1. The average molecular weight is 377 g/mol. The molecule has 1 atom stereocenters. The summed E-state index contributed by atoms with van der Waals surface area (Å²) in [5, 5.41) is 0. The maximum absolute atomic E-state index is 13.9. The van der Waals surface area contributed by atoms with E-state index in [1.54, 1.807) is 10.6 Å². The first-order chi connectivity index (χ1) is 9.86. The predicted octanol–water partition coefficient (Wildman–Crippen LogP) is 3.40. The number of hydrogen-bond donors (Lipinski definition) is 1. The number of fused-ring (bicyclic) bond motifs is 1. The van der Waals surface area contributed by atoms with Crippen molar-refractivity contribution in [1.82, 2.24) is 9.55 Å². The van der Waals surface area contributed by atoms with E-state index in [1.165, 1.54) is 6.07 Å². The van der Waals surface area contributed by atoms with Crippen molar-refractivity contribution in [1.29, 1.82) is 0 Å². The molecule has 2 aromatic rings. The van der Waals surface area contributed by atoms with Crippen LogP contribution in [0.3, 0.4) is 0 Å². The standard InChI is InChI=1S/C14H16BrClFN3O/c1-7(2)13(14(18)21)20-11-6-9(17)8(15)5-10(11)19-12(20)3-4-16/h5-7,13H,3-4H2,1-2H3,(H2,18,21). The fourth-order valence-electron chi connectivity index (χ4n) is 2.47. The summed E-state index contributed by atoms with van der Waals surface area (Å²) in [5.74, 6) is 0.0727. The lowest BCUT2D eigenvalue weighted by atomic mass is 10.0. The van der Waals surface area contributed by atoms with Crippen LogP contribution in [0.2, 0.25) is 0 Å². The van der Waals surface area contributed by atoms with Crippen LogP contribution in [0.1, 0.15) is 25.7 Å². The summed E-state index contributed by atoms with van der Waals surface area (Å²) in [4.78, 5) is 16.3. The summed E-state index contributed by atoms with van der Waals surface area (Å²) in [6.07, 6.45) is 0.478. The second-order valence-electron chi connectivity index (χ2n) is 5.18. The van der Waals surface area contributed by atoms with Gasteiger partial charge in [-0.25, -0.2) is 9.37 Å². The molecule has 0 fully saturated rings. The number of carbonyl (C=O) groups is 1. The molecule has 0 spiro atoms. The van der Waals surface area contributed by atoms with Crippen LogP contribution in [0.15, 0.2) is 16.6 Å². The van der Waals surface area contributed by atoms with E-state index in [1.807, 2.05) is 13.8 Å². The number of nitrogens with zero attached hydrogens (tertiary/aromatic N) is 2. The molecule has 0 bridgehead atoms. The molecule has 0 saturated heterocycles. The maximum Gasteiger partial charge on any atom is 0.240 e. The number of carbonyl (C=O) groups excluding carboxylic acids is 1. The van der Waals surface area contributed by atoms with E-state index in [0.29, 0.717) is 33.6 Å². The summed E-state index contributed by atoms with van der Waals surface area (Å²) in [6, 6.07) is 2.37. The zero-order valence-electron chi connectivity index (χ0n) is 11.7. The van der Waals surface area contributed by atoms with E-state index in [-0.39, 0.29) is 5.92 Å². The highest BCUT2D eigenvalue weighted by Gasteiger charge is 2.27. The zero-order valence-corrected chi connectivity index (χ0v) is 14.1. The highest BCUT2D eigenvalue weighted by molar-refractivity contribution is 9.10. The van der Waals surface area contributed by atoms with Crippen LogP contribution < -0.4 is 5.73 Å². The van der Waals surface area contributed by atoms with Gasteiger partial charge in [-0.2, -0.15) is 0 Å². The molecule has 0 aliphatic rings. The molecule has 2 rings (SSSR count). The number of primary amides is 1. The molecule has 1 unspecified atom stereocenters. The highest BCUT2D eigenvalue weighted by Crippen LogP contribution is 2.30. The average Bonchev–Trinajstić information content (AvgIpc) is 2.68. The van der Waals surface area contributed by atoms with Crippen molar-refractivity contribution >= 4 is 44.5 Å². The van der Waals surface area contributed by atoms with Gasteiger partial charge in [-0.15, -0.1) is 11.6 Å². The smallest absolute Gasteiger partial charge is 0.240 e. The molecule has 0 radical (unpaired) electrons. The van der Waals surface area contributed by atoms with Gasteiger partial charge in [-0.05, 0) is 27.9 Å². The Morgan fingerprint density at radius 3 is 2.71 bits per heavy atom. The molecule has 1 amide bonds. The third-order valence-electron chi connectivity index (χ3n) is 3.32. The topological polar surface area (TPSA) is 60.9 Å². The summed E-state index contributed by atoms with van der Waals surface area (Å²) < 4.78 is 15.9. The van der Waals surface area contributed by atoms with E-state index in [0.717, 1.165) is 0 Å². The predicted molar refractivity (Wildman–Crippen MR) is 84.9 cm³/mol. The van der Waals surface area contributed by atoms with Gasteiger partial charge in [0.2, 0.25) is 5.91 Å². The first-order valence-corrected chi connectivity index (χ1v) is 7.90. The van der Waals surface area contributed by atoms with Crippen LogP contribution in [0.4, 0.5) is 4.39 Å². The highest BCUT2D eigenvalue weighted by atomic mass is 79.9. The van der Waals surface area contributed by atoms with Crippen LogP contribution >= 0.6 is 27.5 Å². The number of amides is 1. The minimum atomic E-state index is -0.589. The molecule has 7 heteroatoms. The molecule has 1 aromatic carbocycles. The van der Waals surface area contributed by atoms with Gasteiger partial charge < -0.3 is 10.3 Å². The third kappa shape index (κ3) is 3.06. The van der Waals surface area contributed by atoms with Crippen molar-refractivity contribution in [2.75, 3.05) is 5.88 Å². The first-order valence-electron chi connectivity index (χ1n) is 6.58. The lowest BCUT2D eigenvalue weighted by molar-refractivity contribution is -0.122. The van der Waals surface area contributed by atoms with Crippen molar-refractivity contribution in [2.45, 2.75) is 26.3 Å². The van der Waals surface area contributed by atoms with Crippen molar-refractivity contribution in [3.8, 4) is 0 Å². The van der Waals surface area contributed by atoms with Gasteiger partial charge >= 0.3 is 0 Å². The number of alkyl halides is 1. The number of rotatable bonds is 5. The summed E-state index contributed by atoms with van der Waals surface area (Å²) in [7, 11) is 0. The minimum absolute atomic E-state index is 0.0410. The Labute approximate surface area is 135 Å². The Morgan fingerprint density at radius 2 is 2.19 bits per heavy atom. The normalized spacial score (nSPS) is 13.0. The second kappa shape index (κ2) is 6.32. The molecule has 4 nitrogen and oxygen atoms in total. The van der Waals surface area contributed by atoms with Gasteiger partial charge in [0.1, 0.15) is 17.7 Å². The molecular formula is C14H16BrClFN3O. The number of halogens is 3. The number of imidazole rings is 1. The number of hydrogen-bond acceptors (Lipinski definition) is 2. The van der Waals surface area contributed by atoms with Crippen molar-refractivity contribution in [2.24, 2.45) is 11.7 Å². The number of benzene rings is 1. The second-order valence-corrected chi connectivity index (χ2v) is 6.42. The van der Waals surface area contributed by atoms with Gasteiger partial charge in [-0.1, -0.05) is 13.8 Å². The van der Waals surface area contributed by atoms with E-state index in [2.05, 4.69) is 20.9 Å². The van der Waals surface area contributed by atoms with Crippen LogP contribution in [-0.2, 0) is 11.2 Å². The lowest BCUT2D eigenvalue weighted by Gasteiger charge is -2.22. The summed E-state index contributed by atoms with van der Waals surface area (Å²) in [5.41, 5.74) is 6.69. The first kappa shape index (κ1) is 16.2. The van der Waals surface area contributed by atoms with Gasteiger partial charge in [0.15, 0.2) is 0 Å². The molecule has 1 aromatic heterocycles. The number of aryl methyl sites for hydroxylation is 1. The van der Waals surface area contributed by atoms with Crippen LogP contribution in [0, 0.1) is 11.7 Å². The van der Waals surface area contributed by atoms with E-state index < -0.39 is 17.8 Å². The molecule has 0 aliphatic heterocycles. The quantitative estimate of drug-likeness (QED) is 0.813. The van der Waals surface area contributed by atoms with E-state index in [4.69, 9.17) is 17.3 Å². The molecule has 1 heterocycles. The molecule has 21 heavy (non-hydrogen) atoms. The van der Waals surface area contributed by atoms with Gasteiger partial charge in [0, 0.05) is 18.4 Å². The van der Waals surface area contributed by atoms with Gasteiger partial charge in [0.05, 0.1) is 15.5 Å². The Morgan fingerprint density at radius 1 is 1.52 bits per heavy atom. The Kier molecular flexibility index (Phi) is 4.88. The Hall–Kier alpha value is -1.14. The van der Waals surface area contributed by atoms with Gasteiger partial charge in [0.25, 0.3) is 0 Å². The monoisotopic (exact) mass is 375 g/mol. The molecule has 2 N–H and O–H groups in total. The van der Waals surface area contributed by atoms with E-state index in [9.17, 15) is 9.18 Å². The minimum Gasteiger partial charge on any atom is -0.368 e. The fourth-order valence-corrected chi connectivity index (χ4v) is 2.97. The van der Waals surface area contributed by atoms with Crippen molar-refractivity contribution in [3.63, 3.8) is 0 Å². The Balaban J connectivity index is 2.76. The number of aromatic nitrogens is 2. The SMILES string of the molecule is CC(C)C(C(N)=O)n1c(CCCl)nc2cc(Br)c(F)cc21. The van der Waals surface area contributed by atoms with E-state index >= 15 is 0 Å².